The number of H-pyrrole nitrogens is 1. The Morgan fingerprint density at radius 2 is 2.32 bits per heavy atom. The van der Waals surface area contributed by atoms with E-state index in [9.17, 15) is 15.0 Å². The van der Waals surface area contributed by atoms with Crippen molar-refractivity contribution in [3.05, 3.63) is 32.9 Å². The van der Waals surface area contributed by atoms with Crippen LogP contribution in [0.2, 0.25) is 0 Å². The average Bonchev–Trinajstić information content (AvgIpc) is 2.77. The summed E-state index contributed by atoms with van der Waals surface area (Å²) in [5.41, 5.74) is 9.25. The van der Waals surface area contributed by atoms with Gasteiger partial charge in [0.05, 0.1) is 10.8 Å². The first kappa shape index (κ1) is 13.5. The number of phenols is 1. The van der Waals surface area contributed by atoms with Gasteiger partial charge in [-0.25, -0.2) is 0 Å². The number of aliphatic hydroxyl groups is 1. The summed E-state index contributed by atoms with van der Waals surface area (Å²) in [7, 11) is 0. The van der Waals surface area contributed by atoms with Crippen molar-refractivity contribution in [1.29, 1.82) is 0 Å². The maximum atomic E-state index is 11.3. The Balaban J connectivity index is 2.26. The van der Waals surface area contributed by atoms with Crippen LogP contribution in [0.15, 0.2) is 16.9 Å². The molecule has 0 aliphatic rings. The molecule has 2 aromatic rings. The second-order valence-electron chi connectivity index (χ2n) is 4.14. The molecule has 2 rings (SSSR count). The molecule has 7 heteroatoms. The summed E-state index contributed by atoms with van der Waals surface area (Å²) in [6.45, 7) is 0. The Kier molecular flexibility index (Phi) is 4.11. The number of unbranched alkanes of at least 4 members (excludes halogenated alkanes) is 1. The van der Waals surface area contributed by atoms with E-state index in [1.165, 1.54) is 12.3 Å². The van der Waals surface area contributed by atoms with Gasteiger partial charge >= 0.3 is 4.87 Å². The Morgan fingerprint density at radius 3 is 3.05 bits per heavy atom. The van der Waals surface area contributed by atoms with Gasteiger partial charge in [-0.15, -0.1) is 0 Å². The van der Waals surface area contributed by atoms with Gasteiger partial charge in [0.25, 0.3) is 6.21 Å². The van der Waals surface area contributed by atoms with E-state index >= 15 is 0 Å². The summed E-state index contributed by atoms with van der Waals surface area (Å²) in [6, 6.07) is 3.07. The van der Waals surface area contributed by atoms with Crippen LogP contribution in [0.3, 0.4) is 0 Å². The molecular weight excluding hydrogens is 266 g/mol. The van der Waals surface area contributed by atoms with Gasteiger partial charge in [-0.2, -0.15) is 4.79 Å². The summed E-state index contributed by atoms with van der Waals surface area (Å²) in [6.07, 6.45) is 2.36. The first-order chi connectivity index (χ1) is 9.13. The number of aromatic nitrogens is 1. The maximum absolute atomic E-state index is 11.3. The number of hydrogen-bond acceptors (Lipinski definition) is 4. The first-order valence-corrected chi connectivity index (χ1v) is 6.63. The van der Waals surface area contributed by atoms with E-state index in [-0.39, 0.29) is 10.6 Å². The zero-order valence-corrected chi connectivity index (χ0v) is 10.9. The van der Waals surface area contributed by atoms with E-state index < -0.39 is 6.10 Å². The van der Waals surface area contributed by atoms with Gasteiger partial charge in [-0.3, -0.25) is 4.79 Å². The molecular formula is C12H13N3O3S. The number of nitrogens with zero attached hydrogens (tertiary/aromatic N) is 2. The first-order valence-electron chi connectivity index (χ1n) is 5.82. The normalized spacial score (nSPS) is 12.3. The molecule has 0 saturated carbocycles. The fraction of sp³-hybridized carbons (Fsp3) is 0.333. The number of aromatic amines is 1. The zero-order valence-electron chi connectivity index (χ0n) is 10.0. The van der Waals surface area contributed by atoms with Crippen molar-refractivity contribution in [2.24, 2.45) is 0 Å². The highest BCUT2D eigenvalue weighted by Crippen LogP contribution is 2.32. The number of thiazole rings is 1. The monoisotopic (exact) mass is 279 g/mol. The number of aliphatic hydroxyl groups excluding tert-OH is 1. The van der Waals surface area contributed by atoms with Crippen LogP contribution in [0.4, 0.5) is 0 Å². The van der Waals surface area contributed by atoms with Crippen molar-refractivity contribution in [2.45, 2.75) is 25.4 Å². The molecule has 0 saturated heterocycles. The number of nitrogens with one attached hydrogen (secondary N) is 1. The number of rotatable bonds is 5. The standard InChI is InChI=1S/C12H13N3O3S/c13-14-6-2-1-3-8(16)7-4-5-9(17)10-11(7)19-12(18)15-10/h4-6,8,16-17H,1-3H2,(H,15,18). The molecule has 0 aliphatic carbocycles. The molecule has 100 valence electrons. The Bertz CT molecular complexity index is 685. The summed E-state index contributed by atoms with van der Waals surface area (Å²) in [4.78, 5) is 16.5. The predicted octanol–water partition coefficient (Wildman–Crippen LogP) is 1.80. The van der Waals surface area contributed by atoms with E-state index in [1.54, 1.807) is 6.07 Å². The van der Waals surface area contributed by atoms with Crippen molar-refractivity contribution < 1.29 is 15.0 Å². The molecule has 0 amide bonds. The van der Waals surface area contributed by atoms with Crippen LogP contribution in [0.25, 0.3) is 15.7 Å². The fourth-order valence-corrected chi connectivity index (χ4v) is 2.84. The number of fused-ring (bicyclic) bond motifs is 1. The lowest BCUT2D eigenvalue weighted by molar-refractivity contribution is 0.000535. The van der Waals surface area contributed by atoms with Crippen molar-refractivity contribution in [1.82, 2.24) is 4.98 Å². The largest absolute Gasteiger partial charge is 0.506 e. The van der Waals surface area contributed by atoms with Crippen LogP contribution in [0, 0.1) is 0 Å². The Morgan fingerprint density at radius 1 is 1.53 bits per heavy atom. The molecule has 0 fully saturated rings. The second-order valence-corrected chi connectivity index (χ2v) is 5.12. The average molecular weight is 279 g/mol. The summed E-state index contributed by atoms with van der Waals surface area (Å²) in [5.74, 6) is -0.00304. The lowest BCUT2D eigenvalue weighted by atomic mass is 10.0. The lowest BCUT2D eigenvalue weighted by Crippen LogP contribution is -1.98. The molecule has 6 nitrogen and oxygen atoms in total. The zero-order chi connectivity index (χ0) is 13.8. The number of hydrogen-bond donors (Lipinski definition) is 3. The molecule has 1 aromatic heterocycles. The van der Waals surface area contributed by atoms with Gasteiger partial charge in [-0.1, -0.05) is 17.4 Å². The van der Waals surface area contributed by atoms with Crippen LogP contribution in [0.1, 0.15) is 30.9 Å². The van der Waals surface area contributed by atoms with Crippen LogP contribution in [-0.4, -0.2) is 26.2 Å². The van der Waals surface area contributed by atoms with Gasteiger partial charge < -0.3 is 20.7 Å². The fourth-order valence-electron chi connectivity index (χ4n) is 1.92. The van der Waals surface area contributed by atoms with Crippen molar-refractivity contribution in [3.63, 3.8) is 0 Å². The third-order valence-corrected chi connectivity index (χ3v) is 3.77. The third kappa shape index (κ3) is 2.90. The van der Waals surface area contributed by atoms with Gasteiger partial charge in [0, 0.05) is 12.0 Å². The molecule has 0 bridgehead atoms. The van der Waals surface area contributed by atoms with E-state index in [4.69, 9.17) is 5.53 Å². The maximum Gasteiger partial charge on any atom is 0.305 e. The molecule has 0 spiro atoms. The molecule has 0 radical (unpaired) electrons. The minimum atomic E-state index is -0.721. The number of aromatic hydroxyl groups is 1. The summed E-state index contributed by atoms with van der Waals surface area (Å²) in [5, 5.41) is 19.8. The molecule has 19 heavy (non-hydrogen) atoms. The lowest BCUT2D eigenvalue weighted by Gasteiger charge is -2.11. The molecule has 1 unspecified atom stereocenters. The highest BCUT2D eigenvalue weighted by molar-refractivity contribution is 7.16. The molecule has 0 aliphatic heterocycles. The predicted molar refractivity (Wildman–Crippen MR) is 72.6 cm³/mol. The van der Waals surface area contributed by atoms with Crippen molar-refractivity contribution in [2.75, 3.05) is 0 Å². The van der Waals surface area contributed by atoms with Crippen molar-refractivity contribution >= 4 is 27.8 Å². The summed E-state index contributed by atoms with van der Waals surface area (Å²) >= 11 is 0.968. The van der Waals surface area contributed by atoms with E-state index in [0.29, 0.717) is 35.0 Å². The second kappa shape index (κ2) is 5.79. The van der Waals surface area contributed by atoms with E-state index in [2.05, 4.69) is 9.77 Å². The quantitative estimate of drug-likeness (QED) is 0.336. The van der Waals surface area contributed by atoms with Crippen LogP contribution in [-0.2, 0) is 0 Å². The minimum absolute atomic E-state index is 0.00304. The summed E-state index contributed by atoms with van der Waals surface area (Å²) < 4.78 is 0.577. The van der Waals surface area contributed by atoms with Gasteiger partial charge in [0.15, 0.2) is 0 Å². The highest BCUT2D eigenvalue weighted by Gasteiger charge is 2.15. The van der Waals surface area contributed by atoms with Gasteiger partial charge in [-0.05, 0) is 18.9 Å². The molecule has 1 aromatic carbocycles. The SMILES string of the molecule is [N-]=[N+]=CCCCC(O)c1ccc(O)c2[nH]c(=O)sc12. The number of phenolic OH excluding ortho intramolecular Hbond substituents is 1. The van der Waals surface area contributed by atoms with Gasteiger partial charge in [0.2, 0.25) is 0 Å². The highest BCUT2D eigenvalue weighted by atomic mass is 32.1. The Hall–Kier alpha value is -1.95. The third-order valence-electron chi connectivity index (χ3n) is 2.84. The molecule has 1 atom stereocenters. The number of benzene rings is 1. The molecule has 1 heterocycles. The van der Waals surface area contributed by atoms with Gasteiger partial charge in [0.1, 0.15) is 11.3 Å². The smallest absolute Gasteiger partial charge is 0.305 e. The molecule has 3 N–H and O–H groups in total. The van der Waals surface area contributed by atoms with Crippen LogP contribution >= 0.6 is 11.3 Å². The van der Waals surface area contributed by atoms with E-state index in [1.807, 2.05) is 0 Å². The topological polar surface area (TPSA) is 110 Å². The van der Waals surface area contributed by atoms with Crippen LogP contribution in [0.5, 0.6) is 5.75 Å². The minimum Gasteiger partial charge on any atom is -0.506 e. The van der Waals surface area contributed by atoms with Crippen molar-refractivity contribution in [3.8, 4) is 5.75 Å². The van der Waals surface area contributed by atoms with E-state index in [0.717, 1.165) is 11.3 Å². The Labute approximate surface area is 112 Å². The van der Waals surface area contributed by atoms with Crippen LogP contribution < -0.4 is 4.87 Å².